The maximum atomic E-state index is 11.2. The van der Waals surface area contributed by atoms with Gasteiger partial charge >= 0.3 is 11.9 Å². The average Bonchev–Trinajstić information content (AvgIpc) is 2.09. The maximum absolute atomic E-state index is 11.2. The molecule has 0 spiro atoms. The van der Waals surface area contributed by atoms with Crippen molar-refractivity contribution in [2.45, 2.75) is 45.6 Å². The molecule has 0 aliphatic carbocycles. The molecular weight excluding hydrogens is 323 g/mol. The zero-order chi connectivity index (χ0) is 12.6. The van der Waals surface area contributed by atoms with Gasteiger partial charge in [-0.3, -0.25) is 9.59 Å². The molecule has 0 aromatic carbocycles. The summed E-state index contributed by atoms with van der Waals surface area (Å²) in [5.74, 6) is -1.05. The number of rotatable bonds is 6. The summed E-state index contributed by atoms with van der Waals surface area (Å²) in [6.45, 7) is 5.66. The fraction of sp³-hybridized carbons (Fsp3) is 0.818. The van der Waals surface area contributed by atoms with Crippen LogP contribution in [-0.2, 0) is 19.1 Å². The Morgan fingerprint density at radius 3 is 2.25 bits per heavy atom. The molecular formula is C11H19IO4. The molecule has 16 heavy (non-hydrogen) atoms. The highest BCUT2D eigenvalue weighted by atomic mass is 127. The van der Waals surface area contributed by atoms with Crippen molar-refractivity contribution in [2.24, 2.45) is 0 Å². The summed E-state index contributed by atoms with van der Waals surface area (Å²) in [4.78, 5) is 22.4. The Hall–Kier alpha value is -0.330. The number of hydrogen-bond acceptors (Lipinski definition) is 4. The first-order valence-corrected chi connectivity index (χ1v) is 6.81. The zero-order valence-corrected chi connectivity index (χ0v) is 12.2. The smallest absolute Gasteiger partial charge is 0.317 e. The van der Waals surface area contributed by atoms with Gasteiger partial charge in [-0.15, -0.1) is 0 Å². The van der Waals surface area contributed by atoms with Gasteiger partial charge in [-0.25, -0.2) is 0 Å². The Morgan fingerprint density at radius 2 is 1.75 bits per heavy atom. The predicted octanol–water partition coefficient (Wildman–Crippen LogP) is 2.48. The van der Waals surface area contributed by atoms with Gasteiger partial charge < -0.3 is 9.47 Å². The molecule has 0 aliphatic rings. The molecule has 0 atom stereocenters. The number of hydrogen-bond donors (Lipinski definition) is 0. The Labute approximate surface area is 110 Å². The number of alkyl halides is 1. The fourth-order valence-electron chi connectivity index (χ4n) is 0.929. The third-order valence-corrected chi connectivity index (χ3v) is 2.26. The molecule has 5 heteroatoms. The standard InChI is InChI=1S/C11H19IO4/c1-11(2,3)16-10(14)8-9(13)15-7-5-4-6-12/h4-8H2,1-3H3. The molecule has 0 aliphatic heterocycles. The van der Waals surface area contributed by atoms with Crippen LogP contribution in [0, 0.1) is 0 Å². The summed E-state index contributed by atoms with van der Waals surface area (Å²) < 4.78 is 10.9. The van der Waals surface area contributed by atoms with Crippen molar-refractivity contribution in [1.82, 2.24) is 0 Å². The summed E-state index contributed by atoms with van der Waals surface area (Å²) in [5, 5.41) is 0. The molecule has 0 radical (unpaired) electrons. The van der Waals surface area contributed by atoms with Gasteiger partial charge in [0.2, 0.25) is 0 Å². The second-order valence-corrected chi connectivity index (χ2v) is 5.46. The predicted molar refractivity (Wildman–Crippen MR) is 69.5 cm³/mol. The first-order valence-electron chi connectivity index (χ1n) is 5.28. The second kappa shape index (κ2) is 7.86. The van der Waals surface area contributed by atoms with Crippen molar-refractivity contribution in [3.63, 3.8) is 0 Å². The Morgan fingerprint density at radius 1 is 1.12 bits per heavy atom. The van der Waals surface area contributed by atoms with Crippen LogP contribution in [0.25, 0.3) is 0 Å². The number of ether oxygens (including phenoxy) is 2. The van der Waals surface area contributed by atoms with Gasteiger partial charge in [0.25, 0.3) is 0 Å². The van der Waals surface area contributed by atoms with E-state index in [4.69, 9.17) is 9.47 Å². The van der Waals surface area contributed by atoms with Gasteiger partial charge in [-0.05, 0) is 38.0 Å². The minimum absolute atomic E-state index is 0.304. The maximum Gasteiger partial charge on any atom is 0.317 e. The number of carbonyl (C=O) groups is 2. The molecule has 0 bridgehead atoms. The van der Waals surface area contributed by atoms with Crippen LogP contribution >= 0.6 is 22.6 Å². The minimum atomic E-state index is -0.557. The molecule has 0 saturated heterocycles. The molecule has 0 N–H and O–H groups in total. The minimum Gasteiger partial charge on any atom is -0.465 e. The van der Waals surface area contributed by atoms with Crippen molar-refractivity contribution >= 4 is 34.5 Å². The lowest BCUT2D eigenvalue weighted by molar-refractivity contribution is -0.161. The van der Waals surface area contributed by atoms with Gasteiger partial charge in [0, 0.05) is 0 Å². The summed E-state index contributed by atoms with van der Waals surface area (Å²) in [5.41, 5.74) is -0.557. The van der Waals surface area contributed by atoms with Gasteiger partial charge in [-0.2, -0.15) is 0 Å². The molecule has 94 valence electrons. The largest absolute Gasteiger partial charge is 0.465 e. The number of unbranched alkanes of at least 4 members (excludes halogenated alkanes) is 1. The zero-order valence-electron chi connectivity index (χ0n) is 10.0. The summed E-state index contributed by atoms with van der Waals surface area (Å²) >= 11 is 2.26. The lowest BCUT2D eigenvalue weighted by Gasteiger charge is -2.19. The summed E-state index contributed by atoms with van der Waals surface area (Å²) in [6.07, 6.45) is 1.55. The van der Waals surface area contributed by atoms with E-state index >= 15 is 0 Å². The van der Waals surface area contributed by atoms with Crippen molar-refractivity contribution in [2.75, 3.05) is 11.0 Å². The van der Waals surface area contributed by atoms with Crippen LogP contribution in [-0.4, -0.2) is 28.6 Å². The third-order valence-electron chi connectivity index (χ3n) is 1.50. The van der Waals surface area contributed by atoms with Crippen molar-refractivity contribution in [3.8, 4) is 0 Å². The average molecular weight is 342 g/mol. The number of halogens is 1. The Bertz CT molecular complexity index is 233. The van der Waals surface area contributed by atoms with Crippen LogP contribution in [0.5, 0.6) is 0 Å². The van der Waals surface area contributed by atoms with E-state index in [0.29, 0.717) is 6.61 Å². The highest BCUT2D eigenvalue weighted by Crippen LogP contribution is 2.08. The van der Waals surface area contributed by atoms with Crippen LogP contribution in [0.15, 0.2) is 0 Å². The van der Waals surface area contributed by atoms with Crippen molar-refractivity contribution in [3.05, 3.63) is 0 Å². The lowest BCUT2D eigenvalue weighted by atomic mass is 10.2. The van der Waals surface area contributed by atoms with E-state index in [0.717, 1.165) is 17.3 Å². The van der Waals surface area contributed by atoms with Gasteiger partial charge in [-0.1, -0.05) is 22.6 Å². The van der Waals surface area contributed by atoms with Crippen LogP contribution in [0.3, 0.4) is 0 Å². The van der Waals surface area contributed by atoms with Crippen LogP contribution in [0.1, 0.15) is 40.0 Å². The summed E-state index contributed by atoms with van der Waals surface area (Å²) in [7, 11) is 0. The number of esters is 2. The highest BCUT2D eigenvalue weighted by molar-refractivity contribution is 14.1. The Balaban J connectivity index is 3.67. The molecule has 4 nitrogen and oxygen atoms in total. The molecule has 0 saturated carbocycles. The topological polar surface area (TPSA) is 52.6 Å². The molecule has 0 heterocycles. The molecule has 0 fully saturated rings. The van der Waals surface area contributed by atoms with Crippen LogP contribution < -0.4 is 0 Å². The molecule has 0 aromatic heterocycles. The first-order chi connectivity index (χ1) is 7.35. The van der Waals surface area contributed by atoms with E-state index in [1.165, 1.54) is 0 Å². The van der Waals surface area contributed by atoms with Gasteiger partial charge in [0.05, 0.1) is 6.61 Å². The van der Waals surface area contributed by atoms with Gasteiger partial charge in [0.1, 0.15) is 12.0 Å². The van der Waals surface area contributed by atoms with Crippen LogP contribution in [0.4, 0.5) is 0 Å². The van der Waals surface area contributed by atoms with E-state index in [1.54, 1.807) is 20.8 Å². The fourth-order valence-corrected chi connectivity index (χ4v) is 1.47. The van der Waals surface area contributed by atoms with Crippen molar-refractivity contribution < 1.29 is 19.1 Å². The van der Waals surface area contributed by atoms with E-state index in [9.17, 15) is 9.59 Å². The van der Waals surface area contributed by atoms with E-state index < -0.39 is 17.5 Å². The summed E-state index contributed by atoms with van der Waals surface area (Å²) in [6, 6.07) is 0. The van der Waals surface area contributed by atoms with E-state index in [-0.39, 0.29) is 6.42 Å². The normalized spacial score (nSPS) is 11.0. The Kier molecular flexibility index (Phi) is 7.70. The second-order valence-electron chi connectivity index (χ2n) is 4.38. The van der Waals surface area contributed by atoms with Gasteiger partial charge in [0.15, 0.2) is 0 Å². The lowest BCUT2D eigenvalue weighted by Crippen LogP contribution is -2.25. The van der Waals surface area contributed by atoms with E-state index in [1.807, 2.05) is 0 Å². The van der Waals surface area contributed by atoms with Crippen molar-refractivity contribution in [1.29, 1.82) is 0 Å². The quantitative estimate of drug-likeness (QED) is 0.245. The van der Waals surface area contributed by atoms with Crippen LogP contribution in [0.2, 0.25) is 0 Å². The van der Waals surface area contributed by atoms with E-state index in [2.05, 4.69) is 22.6 Å². The third kappa shape index (κ3) is 10.2. The molecule has 0 amide bonds. The SMILES string of the molecule is CC(C)(C)OC(=O)CC(=O)OCCCCI. The highest BCUT2D eigenvalue weighted by Gasteiger charge is 2.19. The molecule has 0 aromatic rings. The molecule has 0 rings (SSSR count). The monoisotopic (exact) mass is 342 g/mol. The first kappa shape index (κ1) is 15.7. The number of carbonyl (C=O) groups excluding carboxylic acids is 2. The molecule has 0 unspecified atom stereocenters.